The first-order valence-corrected chi connectivity index (χ1v) is 8.81. The van der Waals surface area contributed by atoms with Crippen LogP contribution in [0, 0.1) is 0 Å². The average molecular weight is 373 g/mol. The molecule has 140 valence electrons. The van der Waals surface area contributed by atoms with Gasteiger partial charge < -0.3 is 11.1 Å². The summed E-state index contributed by atoms with van der Waals surface area (Å²) in [6.45, 7) is 1.80. The largest absolute Gasteiger partial charge is 0.367 e. The van der Waals surface area contributed by atoms with E-state index < -0.39 is 6.04 Å². The van der Waals surface area contributed by atoms with E-state index in [4.69, 9.17) is 5.73 Å². The van der Waals surface area contributed by atoms with Crippen molar-refractivity contribution in [2.45, 2.75) is 13.0 Å². The lowest BCUT2D eigenvalue weighted by Gasteiger charge is -2.12. The predicted molar refractivity (Wildman–Crippen MR) is 106 cm³/mol. The fourth-order valence-electron chi connectivity index (χ4n) is 2.88. The summed E-state index contributed by atoms with van der Waals surface area (Å²) < 4.78 is 1.64. The van der Waals surface area contributed by atoms with Crippen LogP contribution < -0.4 is 11.1 Å². The van der Waals surface area contributed by atoms with Gasteiger partial charge in [-0.15, -0.1) is 5.10 Å². The third kappa shape index (κ3) is 3.48. The third-order valence-corrected chi connectivity index (χ3v) is 4.29. The van der Waals surface area contributed by atoms with Gasteiger partial charge in [0.2, 0.25) is 5.95 Å². The van der Waals surface area contributed by atoms with E-state index >= 15 is 0 Å². The first-order valence-electron chi connectivity index (χ1n) is 8.81. The van der Waals surface area contributed by atoms with Gasteiger partial charge in [-0.1, -0.05) is 48.5 Å². The highest BCUT2D eigenvalue weighted by Crippen LogP contribution is 2.22. The zero-order valence-corrected chi connectivity index (χ0v) is 15.2. The molecule has 4 N–H and O–H groups in total. The molecular formula is C20H19N7O. The Bertz CT molecular complexity index is 1090. The standard InChI is InChI=1S/C20H19N7O/c1-13(18-23-20(21)25-24-18)22-19(28)17-12-16(14-8-4-2-5-9-14)26-27(17)15-10-6-3-7-11-15/h2-13H,1H3,(H,22,28)(H3,21,23,24,25)/t13-/m0/s1. The number of hydrogen-bond acceptors (Lipinski definition) is 5. The highest BCUT2D eigenvalue weighted by Gasteiger charge is 2.20. The molecule has 1 atom stereocenters. The number of aromatic amines is 1. The molecule has 0 bridgehead atoms. The minimum atomic E-state index is -0.392. The van der Waals surface area contributed by atoms with Crippen LogP contribution in [-0.4, -0.2) is 30.9 Å². The van der Waals surface area contributed by atoms with Gasteiger partial charge in [0, 0.05) is 5.56 Å². The molecule has 0 aliphatic rings. The van der Waals surface area contributed by atoms with Gasteiger partial charge >= 0.3 is 0 Å². The Morgan fingerprint density at radius 1 is 1.11 bits per heavy atom. The average Bonchev–Trinajstić information content (AvgIpc) is 3.36. The molecule has 0 radical (unpaired) electrons. The lowest BCUT2D eigenvalue weighted by atomic mass is 10.1. The summed E-state index contributed by atoms with van der Waals surface area (Å²) in [5.74, 6) is 0.345. The van der Waals surface area contributed by atoms with E-state index in [1.165, 1.54) is 0 Å². The summed E-state index contributed by atoms with van der Waals surface area (Å²) in [5, 5.41) is 14.1. The maximum Gasteiger partial charge on any atom is 0.270 e. The molecule has 0 fully saturated rings. The Morgan fingerprint density at radius 3 is 2.43 bits per heavy atom. The minimum absolute atomic E-state index is 0.136. The van der Waals surface area contributed by atoms with E-state index in [9.17, 15) is 4.79 Å². The van der Waals surface area contributed by atoms with E-state index in [1.54, 1.807) is 17.7 Å². The lowest BCUT2D eigenvalue weighted by molar-refractivity contribution is 0.0930. The van der Waals surface area contributed by atoms with Crippen molar-refractivity contribution in [3.05, 3.63) is 78.2 Å². The summed E-state index contributed by atoms with van der Waals surface area (Å²) in [5.41, 5.74) is 8.41. The summed E-state index contributed by atoms with van der Waals surface area (Å²) >= 11 is 0. The van der Waals surface area contributed by atoms with E-state index in [2.05, 4.69) is 25.6 Å². The van der Waals surface area contributed by atoms with E-state index in [0.29, 0.717) is 17.2 Å². The second-order valence-electron chi connectivity index (χ2n) is 6.30. The smallest absolute Gasteiger partial charge is 0.270 e. The Hall–Kier alpha value is -3.94. The predicted octanol–water partition coefficient (Wildman–Crippen LogP) is 2.73. The molecule has 4 aromatic rings. The number of amides is 1. The molecule has 2 aromatic heterocycles. The van der Waals surface area contributed by atoms with Crippen molar-refractivity contribution in [3.63, 3.8) is 0 Å². The van der Waals surface area contributed by atoms with Gasteiger partial charge in [-0.05, 0) is 25.1 Å². The Balaban J connectivity index is 1.70. The van der Waals surface area contributed by atoms with Crippen molar-refractivity contribution in [1.82, 2.24) is 30.3 Å². The summed E-state index contributed by atoms with van der Waals surface area (Å²) in [4.78, 5) is 17.1. The van der Waals surface area contributed by atoms with Gasteiger partial charge in [0.15, 0.2) is 0 Å². The zero-order valence-electron chi connectivity index (χ0n) is 15.2. The first kappa shape index (κ1) is 17.5. The zero-order chi connectivity index (χ0) is 19.5. The highest BCUT2D eigenvalue weighted by molar-refractivity contribution is 5.94. The molecule has 8 nitrogen and oxygen atoms in total. The maximum atomic E-state index is 13.0. The number of carbonyl (C=O) groups excluding carboxylic acids is 1. The molecule has 0 saturated heterocycles. The minimum Gasteiger partial charge on any atom is -0.367 e. The molecule has 0 unspecified atom stereocenters. The number of rotatable bonds is 5. The van der Waals surface area contributed by atoms with Crippen molar-refractivity contribution in [1.29, 1.82) is 0 Å². The van der Waals surface area contributed by atoms with Crippen LogP contribution in [0.1, 0.15) is 29.3 Å². The SMILES string of the molecule is C[C@H](NC(=O)c1cc(-c2ccccc2)nn1-c1ccccc1)c1nc(N)n[nH]1. The van der Waals surface area contributed by atoms with Gasteiger partial charge in [0.1, 0.15) is 11.5 Å². The van der Waals surface area contributed by atoms with Gasteiger partial charge in [-0.3, -0.25) is 9.89 Å². The molecule has 4 rings (SSSR count). The summed E-state index contributed by atoms with van der Waals surface area (Å²) in [6, 6.07) is 20.6. The van der Waals surface area contributed by atoms with E-state index in [1.807, 2.05) is 60.7 Å². The van der Waals surface area contributed by atoms with Crippen LogP contribution in [-0.2, 0) is 0 Å². The molecule has 0 saturated carbocycles. The van der Waals surface area contributed by atoms with Crippen LogP contribution in [0.25, 0.3) is 16.9 Å². The van der Waals surface area contributed by atoms with Crippen LogP contribution in [0.4, 0.5) is 5.95 Å². The van der Waals surface area contributed by atoms with Crippen molar-refractivity contribution in [3.8, 4) is 16.9 Å². The second kappa shape index (κ2) is 7.36. The van der Waals surface area contributed by atoms with Crippen LogP contribution in [0.2, 0.25) is 0 Å². The summed E-state index contributed by atoms with van der Waals surface area (Å²) in [6.07, 6.45) is 0. The second-order valence-corrected chi connectivity index (χ2v) is 6.30. The number of carbonyl (C=O) groups is 1. The molecule has 2 heterocycles. The number of aromatic nitrogens is 5. The first-order chi connectivity index (χ1) is 13.6. The number of nitrogen functional groups attached to an aromatic ring is 1. The molecule has 0 spiro atoms. The van der Waals surface area contributed by atoms with Crippen LogP contribution in [0.3, 0.4) is 0 Å². The lowest BCUT2D eigenvalue weighted by Crippen LogP contribution is -2.29. The number of benzene rings is 2. The van der Waals surface area contributed by atoms with Crippen molar-refractivity contribution in [2.75, 3.05) is 5.73 Å². The Labute approximate surface area is 161 Å². The molecule has 0 aliphatic heterocycles. The van der Waals surface area contributed by atoms with Crippen molar-refractivity contribution < 1.29 is 4.79 Å². The Kier molecular flexibility index (Phi) is 4.59. The maximum absolute atomic E-state index is 13.0. The monoisotopic (exact) mass is 373 g/mol. The number of hydrogen-bond donors (Lipinski definition) is 3. The van der Waals surface area contributed by atoms with Gasteiger partial charge in [-0.25, -0.2) is 4.68 Å². The number of nitrogens with zero attached hydrogens (tertiary/aromatic N) is 4. The third-order valence-electron chi connectivity index (χ3n) is 4.29. The fourth-order valence-corrected chi connectivity index (χ4v) is 2.88. The van der Waals surface area contributed by atoms with Crippen LogP contribution in [0.5, 0.6) is 0 Å². The molecule has 2 aromatic carbocycles. The van der Waals surface area contributed by atoms with Crippen molar-refractivity contribution >= 4 is 11.9 Å². The van der Waals surface area contributed by atoms with Crippen molar-refractivity contribution in [2.24, 2.45) is 0 Å². The number of nitrogens with one attached hydrogen (secondary N) is 2. The topological polar surface area (TPSA) is 115 Å². The molecule has 28 heavy (non-hydrogen) atoms. The normalized spacial score (nSPS) is 11.9. The van der Waals surface area contributed by atoms with Crippen LogP contribution >= 0.6 is 0 Å². The van der Waals surface area contributed by atoms with Gasteiger partial charge in [-0.2, -0.15) is 10.1 Å². The highest BCUT2D eigenvalue weighted by atomic mass is 16.2. The quantitative estimate of drug-likeness (QED) is 0.498. The molecule has 1 amide bonds. The number of anilines is 1. The summed E-state index contributed by atoms with van der Waals surface area (Å²) in [7, 11) is 0. The number of para-hydroxylation sites is 1. The number of nitrogens with two attached hydrogens (primary N) is 1. The Morgan fingerprint density at radius 2 is 1.79 bits per heavy atom. The van der Waals surface area contributed by atoms with Gasteiger partial charge in [0.05, 0.1) is 17.4 Å². The number of H-pyrrole nitrogens is 1. The fraction of sp³-hybridized carbons (Fsp3) is 0.100. The molecule has 0 aliphatic carbocycles. The molecular weight excluding hydrogens is 354 g/mol. The van der Waals surface area contributed by atoms with E-state index in [0.717, 1.165) is 11.3 Å². The van der Waals surface area contributed by atoms with E-state index in [-0.39, 0.29) is 11.9 Å². The van der Waals surface area contributed by atoms with Gasteiger partial charge in [0.25, 0.3) is 5.91 Å². The molecule has 8 heteroatoms. The van der Waals surface area contributed by atoms with Crippen LogP contribution in [0.15, 0.2) is 66.7 Å².